The van der Waals surface area contributed by atoms with Crippen LogP contribution in [0.3, 0.4) is 0 Å². The molecule has 218 valence electrons. The van der Waals surface area contributed by atoms with Gasteiger partial charge in [-0.15, -0.1) is 0 Å². The molecule has 0 atom stereocenters. The first-order valence-corrected chi connectivity index (χ1v) is 22.8. The molecule has 0 aliphatic carbocycles. The first-order valence-electron chi connectivity index (χ1n) is 14.6. The van der Waals surface area contributed by atoms with Crippen molar-refractivity contribution in [3.8, 4) is 16.8 Å². The van der Waals surface area contributed by atoms with Gasteiger partial charge in [-0.05, 0) is 0 Å². The van der Waals surface area contributed by atoms with E-state index in [1.165, 1.54) is 49.5 Å². The van der Waals surface area contributed by atoms with Crippen molar-refractivity contribution < 1.29 is 4.39 Å². The zero-order valence-electron chi connectivity index (χ0n) is 24.0. The molecule has 2 aromatic heterocycles. The van der Waals surface area contributed by atoms with Crippen LogP contribution >= 0.6 is 23.2 Å². The maximum absolute atomic E-state index is 15.8. The Morgan fingerprint density at radius 1 is 0.902 bits per heavy atom. The van der Waals surface area contributed by atoms with Crippen LogP contribution in [0.1, 0.15) is 64.9 Å². The molecule has 2 heterocycles. The Morgan fingerprint density at radius 2 is 1.54 bits per heavy atom. The molecule has 2 aromatic carbocycles. The molecule has 0 bridgehead atoms. The molecule has 0 N–H and O–H groups in total. The third kappa shape index (κ3) is 7.23. The van der Waals surface area contributed by atoms with E-state index in [0.717, 1.165) is 28.5 Å². The third-order valence-electron chi connectivity index (χ3n) is 7.81. The van der Waals surface area contributed by atoms with Gasteiger partial charge in [-0.2, -0.15) is 0 Å². The fourth-order valence-corrected chi connectivity index (χ4v) is 20.8. The second-order valence-corrected chi connectivity index (χ2v) is 24.6. The molecule has 0 aliphatic rings. The van der Waals surface area contributed by atoms with Crippen LogP contribution in [0.25, 0.3) is 16.8 Å². The predicted octanol–water partition coefficient (Wildman–Crippen LogP) is 8.04. The molecule has 0 aliphatic heterocycles. The van der Waals surface area contributed by atoms with Gasteiger partial charge in [0.25, 0.3) is 0 Å². The van der Waals surface area contributed by atoms with E-state index in [9.17, 15) is 4.79 Å². The van der Waals surface area contributed by atoms with Crippen molar-refractivity contribution >= 4 is 45.3 Å². The van der Waals surface area contributed by atoms with Crippen LogP contribution in [-0.2, 0) is 6.54 Å². The van der Waals surface area contributed by atoms with Gasteiger partial charge in [-0.25, -0.2) is 0 Å². The Balaban J connectivity index is 1.80. The van der Waals surface area contributed by atoms with Crippen LogP contribution in [-0.4, -0.2) is 43.2 Å². The summed E-state index contributed by atoms with van der Waals surface area (Å²) < 4.78 is 23.5. The van der Waals surface area contributed by atoms with Crippen LogP contribution in [0.2, 0.25) is 23.4 Å². The number of rotatable bonds is 14. The molecule has 10 heteroatoms. The number of unbranched alkanes of at least 4 members (excludes halogenated alkanes) is 3. The molecule has 0 amide bonds. The van der Waals surface area contributed by atoms with Crippen molar-refractivity contribution in [2.75, 3.05) is 0 Å². The van der Waals surface area contributed by atoms with Crippen LogP contribution in [0.4, 0.5) is 4.39 Å². The summed E-state index contributed by atoms with van der Waals surface area (Å²) >= 11 is 9.98. The molecule has 4 rings (SSSR count). The van der Waals surface area contributed by atoms with E-state index < -0.39 is 29.8 Å². The second kappa shape index (κ2) is 14.8. The van der Waals surface area contributed by atoms with E-state index in [0.29, 0.717) is 5.69 Å². The zero-order chi connectivity index (χ0) is 29.4. The maximum atomic E-state index is 15.8. The fourth-order valence-electron chi connectivity index (χ4n) is 5.43. The van der Waals surface area contributed by atoms with Gasteiger partial charge in [-0.3, -0.25) is 0 Å². The second-order valence-electron chi connectivity index (χ2n) is 10.7. The van der Waals surface area contributed by atoms with Crippen LogP contribution in [0, 0.1) is 5.82 Å². The Kier molecular flexibility index (Phi) is 11.4. The quantitative estimate of drug-likeness (QED) is 0.125. The standard InChI is InChI=1S/C19H11Cl2FN5O.3C4H9.Sn/c20-14-6-7-15(26-9-8-23-25-26)16(18(14)22)13-10-24-27(19(28)17(13)21)11-12-4-2-1-3-5-12;3*1-3-4-2;/h1-7,9-10H,11H2;3*1,3-4H2,2H3;. The van der Waals surface area contributed by atoms with Gasteiger partial charge in [0.1, 0.15) is 0 Å². The van der Waals surface area contributed by atoms with Gasteiger partial charge in [0.15, 0.2) is 0 Å². The van der Waals surface area contributed by atoms with Crippen LogP contribution < -0.4 is 9.27 Å². The molecule has 4 aromatic rings. The average Bonchev–Trinajstić information content (AvgIpc) is 3.48. The topological polar surface area (TPSA) is 65.6 Å². The van der Waals surface area contributed by atoms with Gasteiger partial charge >= 0.3 is 239 Å². The van der Waals surface area contributed by atoms with Crippen molar-refractivity contribution in [2.24, 2.45) is 0 Å². The Hall–Kier alpha value is -2.23. The molecular formula is C31H38Cl2FN5OSn. The van der Waals surface area contributed by atoms with Crippen molar-refractivity contribution in [1.29, 1.82) is 0 Å². The van der Waals surface area contributed by atoms with Crippen LogP contribution in [0.15, 0.2) is 59.7 Å². The van der Waals surface area contributed by atoms with Crippen LogP contribution in [0.5, 0.6) is 0 Å². The van der Waals surface area contributed by atoms with Crippen molar-refractivity contribution in [3.05, 3.63) is 86.6 Å². The van der Waals surface area contributed by atoms with Crippen molar-refractivity contribution in [3.63, 3.8) is 0 Å². The van der Waals surface area contributed by atoms with Gasteiger partial charge in [0.05, 0.1) is 0 Å². The summed E-state index contributed by atoms with van der Waals surface area (Å²) in [4.78, 5) is 13.2. The number of hydrogen-bond acceptors (Lipinski definition) is 4. The van der Waals surface area contributed by atoms with Crippen molar-refractivity contribution in [1.82, 2.24) is 24.8 Å². The molecule has 0 fully saturated rings. The SMILES string of the molecule is CCC[CH2][Sn]([CH2]CCC)([CH2]CCC)[c]1cn(-c2ccc(Cl)c(F)c2-c2cnn(Cc3ccccc3)c(=O)c2Cl)nn1. The van der Waals surface area contributed by atoms with E-state index in [2.05, 4.69) is 31.1 Å². The van der Waals surface area contributed by atoms with E-state index in [1.54, 1.807) is 10.7 Å². The Bertz CT molecular complexity index is 1490. The molecule has 0 unspecified atom stereocenters. The Labute approximate surface area is 255 Å². The summed E-state index contributed by atoms with van der Waals surface area (Å²) in [6.45, 7) is 6.96. The van der Waals surface area contributed by atoms with Gasteiger partial charge in [0.2, 0.25) is 0 Å². The number of aromatic nitrogens is 5. The molecular weight excluding hydrogens is 667 g/mol. The first kappa shape index (κ1) is 31.7. The van der Waals surface area contributed by atoms with E-state index in [4.69, 9.17) is 28.3 Å². The van der Waals surface area contributed by atoms with E-state index >= 15 is 4.39 Å². The monoisotopic (exact) mass is 705 g/mol. The van der Waals surface area contributed by atoms with Gasteiger partial charge in [0, 0.05) is 0 Å². The zero-order valence-corrected chi connectivity index (χ0v) is 28.4. The van der Waals surface area contributed by atoms with E-state index in [-0.39, 0.29) is 27.7 Å². The summed E-state index contributed by atoms with van der Waals surface area (Å²) in [5.74, 6) is -0.678. The Morgan fingerprint density at radius 3 is 2.15 bits per heavy atom. The van der Waals surface area contributed by atoms with Gasteiger partial charge < -0.3 is 0 Å². The minimum absolute atomic E-state index is 0.0732. The minimum atomic E-state index is -2.88. The first-order chi connectivity index (χ1) is 19.8. The fraction of sp³-hybridized carbons (Fsp3) is 0.419. The van der Waals surface area contributed by atoms with E-state index in [1.807, 2.05) is 36.5 Å². The summed E-state index contributed by atoms with van der Waals surface area (Å²) in [5.41, 5.74) is 1.08. The van der Waals surface area contributed by atoms with Gasteiger partial charge in [-0.1, -0.05) is 18.2 Å². The number of halogens is 3. The summed E-state index contributed by atoms with van der Waals surface area (Å²) in [6.07, 6.45) is 10.5. The summed E-state index contributed by atoms with van der Waals surface area (Å²) in [7, 11) is 0. The molecule has 6 nitrogen and oxygen atoms in total. The summed E-state index contributed by atoms with van der Waals surface area (Å²) in [5, 5.41) is 13.4. The molecule has 0 saturated heterocycles. The summed E-state index contributed by atoms with van der Waals surface area (Å²) in [6, 6.07) is 12.7. The third-order valence-corrected chi connectivity index (χ3v) is 23.4. The molecule has 0 saturated carbocycles. The predicted molar refractivity (Wildman–Crippen MR) is 169 cm³/mol. The number of nitrogens with zero attached hydrogens (tertiary/aromatic N) is 5. The van der Waals surface area contributed by atoms with Crippen molar-refractivity contribution in [2.45, 2.75) is 79.2 Å². The average molecular weight is 705 g/mol. The molecule has 0 spiro atoms. The number of hydrogen-bond donors (Lipinski definition) is 0. The molecule has 41 heavy (non-hydrogen) atoms. The normalized spacial score (nSPS) is 11.8. The molecule has 0 radical (unpaired) electrons. The number of benzene rings is 2.